The molecule has 1 aromatic rings. The van der Waals surface area contributed by atoms with Crippen LogP contribution in [0, 0.1) is 25.2 Å². The number of nitrogens with one attached hydrogen (secondary N) is 1. The van der Waals surface area contributed by atoms with Crippen LogP contribution in [0.1, 0.15) is 30.8 Å². The van der Waals surface area contributed by atoms with Gasteiger partial charge in [0.25, 0.3) is 0 Å². The van der Waals surface area contributed by atoms with Crippen LogP contribution in [0.4, 0.5) is 5.69 Å². The maximum Gasteiger partial charge on any atom is 0.103 e. The summed E-state index contributed by atoms with van der Waals surface area (Å²) in [6.07, 6.45) is 0. The van der Waals surface area contributed by atoms with Crippen LogP contribution in [-0.4, -0.2) is 17.1 Å². The molecule has 1 heterocycles. The van der Waals surface area contributed by atoms with Crippen LogP contribution >= 0.6 is 0 Å². The molecule has 0 radical (unpaired) electrons. The first-order valence-electron chi connectivity index (χ1n) is 5.26. The van der Waals surface area contributed by atoms with E-state index in [-0.39, 0.29) is 5.54 Å². The minimum absolute atomic E-state index is 0.230. The van der Waals surface area contributed by atoms with E-state index < -0.39 is 0 Å². The third kappa shape index (κ3) is 2.71. The van der Waals surface area contributed by atoms with E-state index in [1.807, 2.05) is 33.8 Å². The van der Waals surface area contributed by atoms with Crippen LogP contribution in [0.15, 0.2) is 6.07 Å². The Morgan fingerprint density at radius 2 is 2.12 bits per heavy atom. The molecule has 0 saturated carbocycles. The number of nitrogens with two attached hydrogens (primary N) is 1. The second kappa shape index (κ2) is 4.50. The normalized spacial score (nSPS) is 11.0. The van der Waals surface area contributed by atoms with Gasteiger partial charge in [-0.3, -0.25) is 4.98 Å². The van der Waals surface area contributed by atoms with Crippen molar-refractivity contribution in [3.63, 3.8) is 0 Å². The summed E-state index contributed by atoms with van der Waals surface area (Å²) >= 11 is 0. The molecular formula is C12H18N4. The molecule has 4 heteroatoms. The van der Waals surface area contributed by atoms with Crippen molar-refractivity contribution in [1.82, 2.24) is 4.98 Å². The topological polar surface area (TPSA) is 74.7 Å². The molecule has 0 spiro atoms. The summed E-state index contributed by atoms with van der Waals surface area (Å²) in [5.74, 6) is 0. The number of hydrogen-bond donors (Lipinski definition) is 2. The average Bonchev–Trinajstić information content (AvgIpc) is 2.16. The number of aryl methyl sites for hydroxylation is 2. The number of pyridine rings is 1. The number of rotatable bonds is 3. The Kier molecular flexibility index (Phi) is 3.51. The first-order valence-corrected chi connectivity index (χ1v) is 5.26. The molecule has 0 aliphatic heterocycles. The fourth-order valence-electron chi connectivity index (χ4n) is 1.48. The zero-order valence-electron chi connectivity index (χ0n) is 10.3. The van der Waals surface area contributed by atoms with E-state index in [0.717, 1.165) is 17.1 Å². The van der Waals surface area contributed by atoms with Gasteiger partial charge < -0.3 is 11.1 Å². The number of nitrogens with zero attached hydrogens (tertiary/aromatic N) is 2. The predicted octanol–water partition coefficient (Wildman–Crippen LogP) is 1.72. The van der Waals surface area contributed by atoms with Gasteiger partial charge >= 0.3 is 0 Å². The Morgan fingerprint density at radius 1 is 1.50 bits per heavy atom. The average molecular weight is 218 g/mol. The van der Waals surface area contributed by atoms with Gasteiger partial charge in [0.05, 0.1) is 16.9 Å². The summed E-state index contributed by atoms with van der Waals surface area (Å²) < 4.78 is 0. The highest BCUT2D eigenvalue weighted by molar-refractivity contribution is 5.60. The lowest BCUT2D eigenvalue weighted by atomic mass is 10.0. The summed E-state index contributed by atoms with van der Waals surface area (Å²) in [7, 11) is 0. The van der Waals surface area contributed by atoms with Crippen LogP contribution in [0.3, 0.4) is 0 Å². The van der Waals surface area contributed by atoms with Gasteiger partial charge in [-0.15, -0.1) is 0 Å². The van der Waals surface area contributed by atoms with E-state index in [1.165, 1.54) is 0 Å². The van der Waals surface area contributed by atoms with E-state index in [4.69, 9.17) is 11.0 Å². The zero-order chi connectivity index (χ0) is 12.3. The van der Waals surface area contributed by atoms with Crippen molar-refractivity contribution < 1.29 is 0 Å². The van der Waals surface area contributed by atoms with Gasteiger partial charge in [0.1, 0.15) is 6.07 Å². The molecule has 4 nitrogen and oxygen atoms in total. The molecule has 1 rings (SSSR count). The van der Waals surface area contributed by atoms with Crippen LogP contribution in [0.5, 0.6) is 0 Å². The van der Waals surface area contributed by atoms with Crippen LogP contribution < -0.4 is 11.1 Å². The summed E-state index contributed by atoms with van der Waals surface area (Å²) in [6.45, 7) is 8.25. The SMILES string of the molecule is Cc1cc(NC(C)(C)CN)c(C#N)c(C)n1. The zero-order valence-corrected chi connectivity index (χ0v) is 10.3. The van der Waals surface area contributed by atoms with Crippen molar-refractivity contribution in [1.29, 1.82) is 5.26 Å². The lowest BCUT2D eigenvalue weighted by molar-refractivity contribution is 0.579. The molecule has 16 heavy (non-hydrogen) atoms. The molecule has 0 aromatic carbocycles. The molecule has 0 atom stereocenters. The predicted molar refractivity (Wildman–Crippen MR) is 65.2 cm³/mol. The fraction of sp³-hybridized carbons (Fsp3) is 0.500. The number of anilines is 1. The molecule has 0 aliphatic rings. The Bertz CT molecular complexity index is 429. The Morgan fingerprint density at radius 3 is 2.62 bits per heavy atom. The summed E-state index contributed by atoms with van der Waals surface area (Å²) in [6, 6.07) is 4.05. The van der Waals surface area contributed by atoms with Crippen LogP contribution in [0.2, 0.25) is 0 Å². The second-order valence-corrected chi connectivity index (χ2v) is 4.60. The molecule has 0 amide bonds. The molecule has 86 valence electrons. The van der Waals surface area contributed by atoms with Gasteiger partial charge in [0.2, 0.25) is 0 Å². The largest absolute Gasteiger partial charge is 0.378 e. The highest BCUT2D eigenvalue weighted by Gasteiger charge is 2.18. The fourth-order valence-corrected chi connectivity index (χ4v) is 1.48. The van der Waals surface area contributed by atoms with Gasteiger partial charge in [-0.1, -0.05) is 0 Å². The van der Waals surface area contributed by atoms with E-state index in [2.05, 4.69) is 16.4 Å². The van der Waals surface area contributed by atoms with E-state index in [9.17, 15) is 0 Å². The maximum absolute atomic E-state index is 9.10. The van der Waals surface area contributed by atoms with E-state index >= 15 is 0 Å². The summed E-state index contributed by atoms with van der Waals surface area (Å²) in [5, 5.41) is 12.4. The first kappa shape index (κ1) is 12.5. The standard InChI is InChI=1S/C12H18N4/c1-8-5-11(16-12(3,4)7-14)10(6-13)9(2)15-8/h5H,7,14H2,1-4H3,(H,15,16). The van der Waals surface area contributed by atoms with Crippen molar-refractivity contribution >= 4 is 5.69 Å². The van der Waals surface area contributed by atoms with E-state index in [0.29, 0.717) is 12.1 Å². The molecule has 0 aliphatic carbocycles. The van der Waals surface area contributed by atoms with Gasteiger partial charge in [-0.05, 0) is 33.8 Å². The third-order valence-corrected chi connectivity index (χ3v) is 2.42. The van der Waals surface area contributed by atoms with Crippen LogP contribution in [0.25, 0.3) is 0 Å². The quantitative estimate of drug-likeness (QED) is 0.810. The lowest BCUT2D eigenvalue weighted by Gasteiger charge is -2.26. The first-order chi connectivity index (χ1) is 7.39. The van der Waals surface area contributed by atoms with Crippen molar-refractivity contribution in [2.75, 3.05) is 11.9 Å². The Labute approximate surface area is 96.5 Å². The Balaban J connectivity index is 3.18. The smallest absolute Gasteiger partial charge is 0.103 e. The van der Waals surface area contributed by atoms with Gasteiger partial charge in [0, 0.05) is 17.8 Å². The molecule has 1 aromatic heterocycles. The number of aromatic nitrogens is 1. The highest BCUT2D eigenvalue weighted by Crippen LogP contribution is 2.22. The second-order valence-electron chi connectivity index (χ2n) is 4.60. The molecular weight excluding hydrogens is 200 g/mol. The maximum atomic E-state index is 9.10. The van der Waals surface area contributed by atoms with E-state index in [1.54, 1.807) is 0 Å². The molecule has 0 unspecified atom stereocenters. The van der Waals surface area contributed by atoms with Crippen molar-refractivity contribution in [2.24, 2.45) is 5.73 Å². The van der Waals surface area contributed by atoms with Gasteiger partial charge in [-0.2, -0.15) is 5.26 Å². The Hall–Kier alpha value is -1.60. The lowest BCUT2D eigenvalue weighted by Crippen LogP contribution is -2.39. The van der Waals surface area contributed by atoms with Gasteiger partial charge in [0.15, 0.2) is 0 Å². The van der Waals surface area contributed by atoms with Crippen LogP contribution in [-0.2, 0) is 0 Å². The number of nitriles is 1. The van der Waals surface area contributed by atoms with Crippen molar-refractivity contribution in [3.05, 3.63) is 23.0 Å². The minimum Gasteiger partial charge on any atom is -0.378 e. The minimum atomic E-state index is -0.230. The summed E-state index contributed by atoms with van der Waals surface area (Å²) in [5.41, 5.74) is 8.47. The summed E-state index contributed by atoms with van der Waals surface area (Å²) in [4.78, 5) is 4.27. The monoisotopic (exact) mass is 218 g/mol. The number of hydrogen-bond acceptors (Lipinski definition) is 4. The molecule has 0 saturated heterocycles. The molecule has 0 bridgehead atoms. The molecule has 3 N–H and O–H groups in total. The van der Waals surface area contributed by atoms with Crippen molar-refractivity contribution in [2.45, 2.75) is 33.2 Å². The van der Waals surface area contributed by atoms with Crippen molar-refractivity contribution in [3.8, 4) is 6.07 Å². The molecule has 0 fully saturated rings. The highest BCUT2D eigenvalue weighted by atomic mass is 15.0. The van der Waals surface area contributed by atoms with Gasteiger partial charge in [-0.25, -0.2) is 0 Å². The third-order valence-electron chi connectivity index (χ3n) is 2.42.